The number of hydrogen-bond donors (Lipinski definition) is 1. The maximum atomic E-state index is 12.1. The number of halogens is 1. The third-order valence-corrected chi connectivity index (χ3v) is 3.76. The van der Waals surface area contributed by atoms with Gasteiger partial charge in [0.2, 0.25) is 0 Å². The molecule has 2 rings (SSSR count). The fourth-order valence-electron chi connectivity index (χ4n) is 2.13. The maximum Gasteiger partial charge on any atom is 0.347 e. The van der Waals surface area contributed by atoms with Gasteiger partial charge in [0.05, 0.1) is 6.54 Å². The Balaban J connectivity index is 1.64. The fourth-order valence-corrected chi connectivity index (χ4v) is 2.26. The van der Waals surface area contributed by atoms with Crippen LogP contribution in [-0.4, -0.2) is 37.7 Å². The Kier molecular flexibility index (Phi) is 8.45. The van der Waals surface area contributed by atoms with Crippen LogP contribution in [0.5, 0.6) is 11.5 Å². The van der Waals surface area contributed by atoms with Crippen LogP contribution in [0, 0.1) is 0 Å². The molecule has 0 fully saturated rings. The molecule has 6 nitrogen and oxygen atoms in total. The van der Waals surface area contributed by atoms with Gasteiger partial charge in [-0.2, -0.15) is 0 Å². The number of rotatable bonds is 10. The molecule has 1 amide bonds. The monoisotopic (exact) mass is 391 g/mol. The van der Waals surface area contributed by atoms with Crippen molar-refractivity contribution in [3.63, 3.8) is 0 Å². The van der Waals surface area contributed by atoms with Gasteiger partial charge in [-0.25, -0.2) is 4.79 Å². The van der Waals surface area contributed by atoms with Crippen molar-refractivity contribution >= 4 is 23.5 Å². The van der Waals surface area contributed by atoms with Crippen LogP contribution >= 0.6 is 11.6 Å². The summed E-state index contributed by atoms with van der Waals surface area (Å²) in [6, 6.07) is 15.9. The third-order valence-electron chi connectivity index (χ3n) is 3.51. The Morgan fingerprint density at radius 1 is 1.04 bits per heavy atom. The van der Waals surface area contributed by atoms with Crippen LogP contribution in [0.4, 0.5) is 0 Å². The number of amides is 1. The van der Waals surface area contributed by atoms with E-state index >= 15 is 0 Å². The molecule has 0 spiro atoms. The highest BCUT2D eigenvalue weighted by Gasteiger charge is 2.21. The average Bonchev–Trinajstić information content (AvgIpc) is 2.69. The molecule has 2 aromatic carbocycles. The average molecular weight is 392 g/mol. The van der Waals surface area contributed by atoms with Crippen LogP contribution in [0.1, 0.15) is 13.3 Å². The number of carbonyl (C=O) groups excluding carboxylic acids is 2. The summed E-state index contributed by atoms with van der Waals surface area (Å²) in [6.07, 6.45) is -0.321. The van der Waals surface area contributed by atoms with Gasteiger partial charge < -0.3 is 19.5 Å². The van der Waals surface area contributed by atoms with Gasteiger partial charge in [-0.05, 0) is 42.8 Å². The van der Waals surface area contributed by atoms with E-state index in [2.05, 4.69) is 5.32 Å². The number of carbonyl (C=O) groups is 2. The maximum absolute atomic E-state index is 12.1. The van der Waals surface area contributed by atoms with E-state index in [9.17, 15) is 9.59 Å². The molecular weight excluding hydrogens is 370 g/mol. The second kappa shape index (κ2) is 11.1. The van der Waals surface area contributed by atoms with Gasteiger partial charge in [-0.3, -0.25) is 4.79 Å². The van der Waals surface area contributed by atoms with Crippen molar-refractivity contribution in [2.75, 3.05) is 19.8 Å². The Bertz CT molecular complexity index is 721. The van der Waals surface area contributed by atoms with Gasteiger partial charge in [0.1, 0.15) is 18.1 Å². The standard InChI is InChI=1S/C20H22ClNO5/c1-2-18(27-17-6-4-3-5-7-17)20(24)26-14-19(23)22-12-13-25-16-10-8-15(21)9-11-16/h3-11,18H,2,12-14H2,1H3,(H,22,23)/t18-/m1/s1. The summed E-state index contributed by atoms with van der Waals surface area (Å²) in [5, 5.41) is 3.24. The zero-order valence-electron chi connectivity index (χ0n) is 15.0. The lowest BCUT2D eigenvalue weighted by Crippen LogP contribution is -2.35. The first kappa shape index (κ1) is 20.6. The zero-order valence-corrected chi connectivity index (χ0v) is 15.8. The summed E-state index contributed by atoms with van der Waals surface area (Å²) in [5.41, 5.74) is 0. The highest BCUT2D eigenvalue weighted by molar-refractivity contribution is 6.30. The number of para-hydroxylation sites is 1. The third kappa shape index (κ3) is 7.58. The topological polar surface area (TPSA) is 73.9 Å². The summed E-state index contributed by atoms with van der Waals surface area (Å²) >= 11 is 5.79. The van der Waals surface area contributed by atoms with E-state index in [-0.39, 0.29) is 19.8 Å². The van der Waals surface area contributed by atoms with E-state index in [0.717, 1.165) is 0 Å². The predicted octanol–water partition coefficient (Wildman–Crippen LogP) is 3.24. The minimum Gasteiger partial charge on any atom is -0.492 e. The van der Waals surface area contributed by atoms with Gasteiger partial charge in [0, 0.05) is 5.02 Å². The second-order valence-electron chi connectivity index (χ2n) is 5.59. The number of benzene rings is 2. The molecule has 0 unspecified atom stereocenters. The molecule has 144 valence electrons. The summed E-state index contributed by atoms with van der Waals surface area (Å²) in [4.78, 5) is 23.8. The normalized spacial score (nSPS) is 11.3. The molecule has 27 heavy (non-hydrogen) atoms. The van der Waals surface area contributed by atoms with Crippen molar-refractivity contribution in [2.24, 2.45) is 0 Å². The molecule has 2 aromatic rings. The van der Waals surface area contributed by atoms with E-state index in [1.807, 2.05) is 25.1 Å². The van der Waals surface area contributed by atoms with Crippen LogP contribution in [-0.2, 0) is 14.3 Å². The van der Waals surface area contributed by atoms with Crippen LogP contribution in [0.2, 0.25) is 5.02 Å². The van der Waals surface area contributed by atoms with Crippen molar-refractivity contribution < 1.29 is 23.8 Å². The SMILES string of the molecule is CC[C@@H](Oc1ccccc1)C(=O)OCC(=O)NCCOc1ccc(Cl)cc1. The lowest BCUT2D eigenvalue weighted by atomic mass is 10.2. The van der Waals surface area contributed by atoms with Crippen molar-refractivity contribution in [3.8, 4) is 11.5 Å². The summed E-state index contributed by atoms with van der Waals surface area (Å²) in [6.45, 7) is 2.02. The molecule has 0 aliphatic rings. The minimum atomic E-state index is -0.756. The van der Waals surface area contributed by atoms with Crippen molar-refractivity contribution in [3.05, 3.63) is 59.6 Å². The number of ether oxygens (including phenoxy) is 3. The van der Waals surface area contributed by atoms with Crippen LogP contribution in [0.3, 0.4) is 0 Å². The van der Waals surface area contributed by atoms with Gasteiger partial charge >= 0.3 is 5.97 Å². The van der Waals surface area contributed by atoms with Crippen LogP contribution in [0.25, 0.3) is 0 Å². The molecule has 0 aromatic heterocycles. The molecule has 1 atom stereocenters. The zero-order chi connectivity index (χ0) is 19.5. The number of nitrogens with one attached hydrogen (secondary N) is 1. The van der Waals surface area contributed by atoms with E-state index in [1.165, 1.54) is 0 Å². The quantitative estimate of drug-likeness (QED) is 0.497. The molecular formula is C20H22ClNO5. The van der Waals surface area contributed by atoms with Gasteiger partial charge in [0.15, 0.2) is 12.7 Å². The van der Waals surface area contributed by atoms with Gasteiger partial charge in [-0.15, -0.1) is 0 Å². The minimum absolute atomic E-state index is 0.288. The second-order valence-corrected chi connectivity index (χ2v) is 6.02. The van der Waals surface area contributed by atoms with Crippen molar-refractivity contribution in [1.82, 2.24) is 5.32 Å². The van der Waals surface area contributed by atoms with Crippen molar-refractivity contribution in [1.29, 1.82) is 0 Å². The predicted molar refractivity (Wildman–Crippen MR) is 102 cm³/mol. The van der Waals surface area contributed by atoms with Crippen molar-refractivity contribution in [2.45, 2.75) is 19.4 Å². The molecule has 7 heteroatoms. The highest BCUT2D eigenvalue weighted by Crippen LogP contribution is 2.15. The largest absolute Gasteiger partial charge is 0.492 e. The lowest BCUT2D eigenvalue weighted by molar-refractivity contribution is -0.155. The van der Waals surface area contributed by atoms with E-state index in [1.54, 1.807) is 36.4 Å². The molecule has 0 heterocycles. The molecule has 0 saturated carbocycles. The molecule has 0 aliphatic carbocycles. The Morgan fingerprint density at radius 3 is 2.41 bits per heavy atom. The first-order chi connectivity index (χ1) is 13.1. The van der Waals surface area contributed by atoms with Crippen LogP contribution in [0.15, 0.2) is 54.6 Å². The lowest BCUT2D eigenvalue weighted by Gasteiger charge is -2.16. The Labute approximate surface area is 163 Å². The fraction of sp³-hybridized carbons (Fsp3) is 0.300. The number of esters is 1. The van der Waals surface area contributed by atoms with E-state index in [4.69, 9.17) is 25.8 Å². The summed E-state index contributed by atoms with van der Waals surface area (Å²) in [7, 11) is 0. The smallest absolute Gasteiger partial charge is 0.347 e. The Hall–Kier alpha value is -2.73. The first-order valence-electron chi connectivity index (χ1n) is 8.62. The first-order valence-corrected chi connectivity index (χ1v) is 8.99. The molecule has 0 radical (unpaired) electrons. The molecule has 0 bridgehead atoms. The van der Waals surface area contributed by atoms with Gasteiger partial charge in [-0.1, -0.05) is 36.7 Å². The van der Waals surface area contributed by atoms with E-state index in [0.29, 0.717) is 22.9 Å². The Morgan fingerprint density at radius 2 is 1.74 bits per heavy atom. The summed E-state index contributed by atoms with van der Waals surface area (Å²) < 4.78 is 16.1. The molecule has 0 saturated heterocycles. The highest BCUT2D eigenvalue weighted by atomic mass is 35.5. The van der Waals surface area contributed by atoms with Crippen LogP contribution < -0.4 is 14.8 Å². The summed E-state index contributed by atoms with van der Waals surface area (Å²) in [5.74, 6) is 0.251. The molecule has 1 N–H and O–H groups in total. The number of hydrogen-bond acceptors (Lipinski definition) is 5. The molecule has 0 aliphatic heterocycles. The van der Waals surface area contributed by atoms with Gasteiger partial charge in [0.25, 0.3) is 5.91 Å². The van der Waals surface area contributed by atoms with E-state index < -0.39 is 18.0 Å².